The standard InChI is InChI=1S/C21H27N3O4S2/c1-13(2)24(3)30(27,28)15-11-9-14(10-12-15)20(26)23-21-18(19(22)25)16-7-5-4-6-8-17(16)29-21/h9-13H,4-8H2,1-3H3,(H2,22,25)(H,23,26). The Kier molecular flexibility index (Phi) is 6.64. The molecule has 1 aromatic carbocycles. The number of thiophene rings is 1. The zero-order valence-electron chi connectivity index (χ0n) is 17.4. The number of amides is 2. The molecule has 1 aromatic heterocycles. The topological polar surface area (TPSA) is 110 Å². The lowest BCUT2D eigenvalue weighted by Crippen LogP contribution is -2.33. The van der Waals surface area contributed by atoms with Gasteiger partial charge in [-0.05, 0) is 69.4 Å². The van der Waals surface area contributed by atoms with Crippen molar-refractivity contribution < 1.29 is 18.0 Å². The van der Waals surface area contributed by atoms with Crippen LogP contribution >= 0.6 is 11.3 Å². The minimum atomic E-state index is -3.62. The third-order valence-corrected chi connectivity index (χ3v) is 8.67. The molecule has 9 heteroatoms. The molecule has 2 amide bonds. The van der Waals surface area contributed by atoms with Crippen LogP contribution in [-0.4, -0.2) is 37.6 Å². The van der Waals surface area contributed by atoms with Gasteiger partial charge >= 0.3 is 0 Å². The van der Waals surface area contributed by atoms with Crippen molar-refractivity contribution in [3.05, 3.63) is 45.8 Å². The van der Waals surface area contributed by atoms with E-state index < -0.39 is 21.8 Å². The highest BCUT2D eigenvalue weighted by atomic mass is 32.2. The highest BCUT2D eigenvalue weighted by Crippen LogP contribution is 2.37. The third kappa shape index (κ3) is 4.43. The lowest BCUT2D eigenvalue weighted by Gasteiger charge is -2.21. The van der Waals surface area contributed by atoms with Crippen LogP contribution in [0.3, 0.4) is 0 Å². The Labute approximate surface area is 181 Å². The van der Waals surface area contributed by atoms with Crippen LogP contribution in [0.1, 0.15) is 64.3 Å². The van der Waals surface area contributed by atoms with E-state index in [2.05, 4.69) is 5.32 Å². The van der Waals surface area contributed by atoms with E-state index in [0.717, 1.165) is 42.5 Å². The predicted octanol–water partition coefficient (Wildman–Crippen LogP) is 3.40. The van der Waals surface area contributed by atoms with Crippen LogP contribution < -0.4 is 11.1 Å². The monoisotopic (exact) mass is 449 g/mol. The number of nitrogens with one attached hydrogen (secondary N) is 1. The molecule has 30 heavy (non-hydrogen) atoms. The first-order chi connectivity index (χ1) is 14.1. The van der Waals surface area contributed by atoms with Gasteiger partial charge < -0.3 is 11.1 Å². The molecule has 0 radical (unpaired) electrons. The number of fused-ring (bicyclic) bond motifs is 1. The summed E-state index contributed by atoms with van der Waals surface area (Å²) in [5.74, 6) is -0.946. The minimum Gasteiger partial charge on any atom is -0.365 e. The van der Waals surface area contributed by atoms with E-state index in [1.807, 2.05) is 0 Å². The maximum absolute atomic E-state index is 12.8. The summed E-state index contributed by atoms with van der Waals surface area (Å²) >= 11 is 1.41. The summed E-state index contributed by atoms with van der Waals surface area (Å²) in [6.45, 7) is 3.58. The van der Waals surface area contributed by atoms with Crippen molar-refractivity contribution in [2.75, 3.05) is 12.4 Å². The van der Waals surface area contributed by atoms with E-state index in [1.54, 1.807) is 13.8 Å². The number of nitrogens with zero attached hydrogens (tertiary/aromatic N) is 1. The molecule has 1 aliphatic rings. The molecule has 3 N–H and O–H groups in total. The van der Waals surface area contributed by atoms with Crippen LogP contribution in [-0.2, 0) is 22.9 Å². The number of carbonyl (C=O) groups excluding carboxylic acids is 2. The molecule has 0 saturated carbocycles. The van der Waals surface area contributed by atoms with E-state index in [4.69, 9.17) is 5.73 Å². The molecule has 1 heterocycles. The molecule has 1 aliphatic carbocycles. The number of benzene rings is 1. The Morgan fingerprint density at radius 2 is 1.73 bits per heavy atom. The van der Waals surface area contributed by atoms with Crippen LogP contribution in [0.25, 0.3) is 0 Å². The van der Waals surface area contributed by atoms with Crippen molar-refractivity contribution in [1.29, 1.82) is 0 Å². The fourth-order valence-electron chi connectivity index (χ4n) is 3.49. The van der Waals surface area contributed by atoms with Gasteiger partial charge in [0.05, 0.1) is 10.5 Å². The highest BCUT2D eigenvalue weighted by Gasteiger charge is 2.26. The lowest BCUT2D eigenvalue weighted by atomic mass is 10.1. The van der Waals surface area contributed by atoms with Gasteiger partial charge in [0.1, 0.15) is 5.00 Å². The molecule has 0 aliphatic heterocycles. The first kappa shape index (κ1) is 22.5. The number of hydrogen-bond acceptors (Lipinski definition) is 5. The summed E-state index contributed by atoms with van der Waals surface area (Å²) in [6.07, 6.45) is 4.84. The summed E-state index contributed by atoms with van der Waals surface area (Å²) in [6, 6.07) is 5.60. The third-order valence-electron chi connectivity index (χ3n) is 5.42. The van der Waals surface area contributed by atoms with Crippen molar-refractivity contribution in [2.45, 2.75) is 56.9 Å². The predicted molar refractivity (Wildman–Crippen MR) is 119 cm³/mol. The summed E-state index contributed by atoms with van der Waals surface area (Å²) in [7, 11) is -2.10. The fraction of sp³-hybridized carbons (Fsp3) is 0.429. The number of aryl methyl sites for hydroxylation is 1. The number of rotatable bonds is 6. The van der Waals surface area contributed by atoms with Gasteiger partial charge in [0, 0.05) is 23.5 Å². The Bertz CT molecular complexity index is 1060. The molecule has 162 valence electrons. The van der Waals surface area contributed by atoms with Gasteiger partial charge in [-0.15, -0.1) is 11.3 Å². The van der Waals surface area contributed by atoms with Gasteiger partial charge in [-0.1, -0.05) is 6.42 Å². The summed E-state index contributed by atoms with van der Waals surface area (Å²) in [4.78, 5) is 26.0. The van der Waals surface area contributed by atoms with E-state index in [1.165, 1.54) is 47.0 Å². The molecule has 0 atom stereocenters. The summed E-state index contributed by atoms with van der Waals surface area (Å²) < 4.78 is 26.4. The van der Waals surface area contributed by atoms with Crippen molar-refractivity contribution in [3.8, 4) is 0 Å². The molecule has 0 spiro atoms. The number of anilines is 1. The van der Waals surface area contributed by atoms with E-state index in [-0.39, 0.29) is 10.9 Å². The maximum Gasteiger partial charge on any atom is 0.256 e. The molecular formula is C21H27N3O4S2. The van der Waals surface area contributed by atoms with Gasteiger partial charge in [-0.25, -0.2) is 8.42 Å². The highest BCUT2D eigenvalue weighted by molar-refractivity contribution is 7.89. The molecule has 0 fully saturated rings. The largest absolute Gasteiger partial charge is 0.365 e. The normalized spacial score (nSPS) is 14.4. The number of hydrogen-bond donors (Lipinski definition) is 2. The van der Waals surface area contributed by atoms with Gasteiger partial charge in [-0.2, -0.15) is 4.31 Å². The first-order valence-electron chi connectivity index (χ1n) is 9.96. The molecule has 2 aromatic rings. The Hall–Kier alpha value is -2.23. The summed E-state index contributed by atoms with van der Waals surface area (Å²) in [5, 5.41) is 3.27. The molecule has 0 saturated heterocycles. The van der Waals surface area contributed by atoms with Crippen molar-refractivity contribution in [1.82, 2.24) is 4.31 Å². The Balaban J connectivity index is 1.84. The average Bonchev–Trinajstić information content (AvgIpc) is 2.88. The van der Waals surface area contributed by atoms with Crippen LogP contribution in [0.15, 0.2) is 29.2 Å². The van der Waals surface area contributed by atoms with Gasteiger partial charge in [0.2, 0.25) is 10.0 Å². The van der Waals surface area contributed by atoms with Gasteiger partial charge in [-0.3, -0.25) is 9.59 Å². The fourth-order valence-corrected chi connectivity index (χ4v) is 6.15. The second kappa shape index (κ2) is 8.87. The zero-order valence-corrected chi connectivity index (χ0v) is 19.0. The minimum absolute atomic E-state index is 0.121. The van der Waals surface area contributed by atoms with E-state index >= 15 is 0 Å². The second-order valence-corrected chi connectivity index (χ2v) is 10.8. The van der Waals surface area contributed by atoms with Crippen LogP contribution in [0.5, 0.6) is 0 Å². The van der Waals surface area contributed by atoms with Crippen molar-refractivity contribution >= 4 is 38.2 Å². The lowest BCUT2D eigenvalue weighted by molar-refractivity contribution is 0.100. The summed E-state index contributed by atoms with van der Waals surface area (Å²) in [5.41, 5.74) is 7.28. The van der Waals surface area contributed by atoms with E-state index in [9.17, 15) is 18.0 Å². The van der Waals surface area contributed by atoms with Crippen molar-refractivity contribution in [2.24, 2.45) is 5.73 Å². The Morgan fingerprint density at radius 3 is 2.33 bits per heavy atom. The molecule has 0 unspecified atom stereocenters. The van der Waals surface area contributed by atoms with Crippen molar-refractivity contribution in [3.63, 3.8) is 0 Å². The van der Waals surface area contributed by atoms with E-state index in [0.29, 0.717) is 16.1 Å². The van der Waals surface area contributed by atoms with Crippen LogP contribution in [0, 0.1) is 0 Å². The molecule has 0 bridgehead atoms. The maximum atomic E-state index is 12.8. The number of sulfonamides is 1. The smallest absolute Gasteiger partial charge is 0.256 e. The SMILES string of the molecule is CC(C)N(C)S(=O)(=O)c1ccc(C(=O)Nc2sc3c(c2C(N)=O)CCCCC3)cc1. The second-order valence-electron chi connectivity index (χ2n) is 7.73. The zero-order chi connectivity index (χ0) is 22.1. The number of primary amides is 1. The number of carbonyl (C=O) groups is 2. The van der Waals surface area contributed by atoms with Crippen LogP contribution in [0.2, 0.25) is 0 Å². The molecule has 3 rings (SSSR count). The molecule has 7 nitrogen and oxygen atoms in total. The average molecular weight is 450 g/mol. The first-order valence-corrected chi connectivity index (χ1v) is 12.2. The van der Waals surface area contributed by atoms with Gasteiger partial charge in [0.25, 0.3) is 11.8 Å². The molecular weight excluding hydrogens is 422 g/mol. The van der Waals surface area contributed by atoms with Gasteiger partial charge in [0.15, 0.2) is 0 Å². The quantitative estimate of drug-likeness (QED) is 0.659. The Morgan fingerprint density at radius 1 is 1.10 bits per heavy atom. The van der Waals surface area contributed by atoms with Crippen LogP contribution in [0.4, 0.5) is 5.00 Å². The number of nitrogens with two attached hydrogens (primary N) is 1.